The lowest BCUT2D eigenvalue weighted by atomic mass is 9.76. The molecule has 1 atom stereocenters. The van der Waals surface area contributed by atoms with Crippen LogP contribution in [0.15, 0.2) is 199 Å². The van der Waals surface area contributed by atoms with Crippen molar-refractivity contribution in [1.29, 1.82) is 0 Å². The van der Waals surface area contributed by atoms with Crippen LogP contribution in [0.1, 0.15) is 35.1 Å². The summed E-state index contributed by atoms with van der Waals surface area (Å²) < 4.78 is 6.63. The second-order valence-electron chi connectivity index (χ2n) is 15.3. The first kappa shape index (κ1) is 32.6. The van der Waals surface area contributed by atoms with Gasteiger partial charge in [0.05, 0.1) is 0 Å². The minimum Gasteiger partial charge on any atom is -0.456 e. The summed E-state index contributed by atoms with van der Waals surface area (Å²) in [7, 11) is 0. The zero-order chi connectivity index (χ0) is 37.1. The fourth-order valence-electron chi connectivity index (χ4n) is 9.68. The molecule has 0 aliphatic heterocycles. The Hall–Kier alpha value is -6.84. The summed E-state index contributed by atoms with van der Waals surface area (Å²) in [5, 5.41) is 2.28. The van der Waals surface area contributed by atoms with Gasteiger partial charge in [-0.15, -0.1) is 0 Å². The molecule has 3 nitrogen and oxygen atoms in total. The molecule has 0 amide bonds. The van der Waals surface area contributed by atoms with Crippen molar-refractivity contribution in [1.82, 2.24) is 0 Å². The van der Waals surface area contributed by atoms with Gasteiger partial charge < -0.3 is 14.2 Å². The molecule has 1 spiro atoms. The summed E-state index contributed by atoms with van der Waals surface area (Å²) in [5.41, 5.74) is 16.9. The number of fused-ring (bicyclic) bond motifs is 7. The average Bonchev–Trinajstić information content (AvgIpc) is 3.95. The predicted molar refractivity (Wildman–Crippen MR) is 232 cm³/mol. The van der Waals surface area contributed by atoms with E-state index in [1.165, 1.54) is 39.1 Å². The number of anilines is 6. The molecule has 9 aromatic rings. The third-order valence-electron chi connectivity index (χ3n) is 12.2. The van der Waals surface area contributed by atoms with Crippen LogP contribution < -0.4 is 9.80 Å². The van der Waals surface area contributed by atoms with E-state index in [9.17, 15) is 0 Å². The number of nitrogens with zero attached hydrogens (tertiary/aromatic N) is 2. The molecular weight excluding hydrogens is 681 g/mol. The molecule has 11 rings (SSSR count). The molecule has 0 bridgehead atoms. The van der Waals surface area contributed by atoms with Gasteiger partial charge in [-0.05, 0) is 138 Å². The fraction of sp³-hybridized carbons (Fsp3) is 0.0943. The Morgan fingerprint density at radius 2 is 0.875 bits per heavy atom. The van der Waals surface area contributed by atoms with Crippen molar-refractivity contribution in [3.63, 3.8) is 0 Å². The van der Waals surface area contributed by atoms with Crippen molar-refractivity contribution in [2.75, 3.05) is 9.80 Å². The third-order valence-corrected chi connectivity index (χ3v) is 12.2. The lowest BCUT2D eigenvalue weighted by Crippen LogP contribution is -2.22. The summed E-state index contributed by atoms with van der Waals surface area (Å²) in [5.74, 6) is 0. The maximum atomic E-state index is 6.63. The summed E-state index contributed by atoms with van der Waals surface area (Å²) in [6.07, 6.45) is 4.42. The van der Waals surface area contributed by atoms with Gasteiger partial charge in [-0.1, -0.05) is 109 Å². The highest BCUT2D eigenvalue weighted by Crippen LogP contribution is 2.55. The normalized spacial score (nSPS) is 15.6. The SMILES string of the molecule is c1ccc(-c2cccc3oc4cc(N(c5ccccc5)c5ccc6c(c5)[C@]5(CCc7ccc(N(c8ccccc8)c8ccccc8)cc75)CC6)ccc4c23)cc1. The van der Waals surface area contributed by atoms with Crippen molar-refractivity contribution in [2.45, 2.75) is 31.1 Å². The smallest absolute Gasteiger partial charge is 0.137 e. The van der Waals surface area contributed by atoms with Gasteiger partial charge >= 0.3 is 0 Å². The Morgan fingerprint density at radius 1 is 0.393 bits per heavy atom. The minimum absolute atomic E-state index is 0.0331. The van der Waals surface area contributed by atoms with E-state index in [0.717, 1.165) is 76.1 Å². The van der Waals surface area contributed by atoms with Gasteiger partial charge in [0.1, 0.15) is 11.2 Å². The maximum Gasteiger partial charge on any atom is 0.137 e. The standard InChI is InChI=1S/C53H40N2O/c1-5-14-37(15-6-1)46-22-13-23-50-52(46)47-29-28-45(36-51(47)56-50)55(42-20-11-4-12-21-42)44-27-25-39-31-33-53(49(39)35-44)32-30-38-24-26-43(34-48(38)53)54(40-16-7-2-8-17-40)41-18-9-3-10-19-41/h1-29,34-36H,30-33H2/t53-/m1/s1. The third kappa shape index (κ3) is 5.26. The van der Waals surface area contributed by atoms with E-state index in [4.69, 9.17) is 4.42 Å². The van der Waals surface area contributed by atoms with Crippen molar-refractivity contribution < 1.29 is 4.42 Å². The van der Waals surface area contributed by atoms with Crippen LogP contribution in [0.4, 0.5) is 34.1 Å². The zero-order valence-electron chi connectivity index (χ0n) is 31.1. The van der Waals surface area contributed by atoms with Crippen molar-refractivity contribution in [2.24, 2.45) is 0 Å². The lowest BCUT2D eigenvalue weighted by Gasteiger charge is -2.31. The van der Waals surface area contributed by atoms with Crippen LogP contribution in [-0.2, 0) is 18.3 Å². The van der Waals surface area contributed by atoms with Gasteiger partial charge in [0.25, 0.3) is 0 Å². The molecule has 0 saturated heterocycles. The first-order valence-electron chi connectivity index (χ1n) is 19.8. The fourth-order valence-corrected chi connectivity index (χ4v) is 9.68. The van der Waals surface area contributed by atoms with E-state index in [2.05, 4.69) is 204 Å². The molecule has 0 radical (unpaired) electrons. The Labute approximate surface area is 327 Å². The van der Waals surface area contributed by atoms with Crippen LogP contribution >= 0.6 is 0 Å². The van der Waals surface area contributed by atoms with E-state index in [-0.39, 0.29) is 5.41 Å². The van der Waals surface area contributed by atoms with E-state index in [1.807, 2.05) is 0 Å². The second-order valence-corrected chi connectivity index (χ2v) is 15.3. The maximum absolute atomic E-state index is 6.63. The van der Waals surface area contributed by atoms with E-state index >= 15 is 0 Å². The highest BCUT2D eigenvalue weighted by molar-refractivity contribution is 6.13. The number of aryl methyl sites for hydroxylation is 2. The largest absolute Gasteiger partial charge is 0.456 e. The monoisotopic (exact) mass is 720 g/mol. The molecule has 56 heavy (non-hydrogen) atoms. The van der Waals surface area contributed by atoms with Crippen LogP contribution in [0.3, 0.4) is 0 Å². The van der Waals surface area contributed by atoms with E-state index in [0.29, 0.717) is 0 Å². The van der Waals surface area contributed by atoms with Gasteiger partial charge in [0.15, 0.2) is 0 Å². The molecule has 1 aromatic heterocycles. The number of benzene rings is 8. The first-order chi connectivity index (χ1) is 27.7. The van der Waals surface area contributed by atoms with Crippen LogP contribution in [0.5, 0.6) is 0 Å². The highest BCUT2D eigenvalue weighted by atomic mass is 16.3. The Kier molecular flexibility index (Phi) is 7.67. The topological polar surface area (TPSA) is 19.6 Å². The summed E-state index contributed by atoms with van der Waals surface area (Å²) in [4.78, 5) is 4.79. The molecular formula is C53H40N2O. The van der Waals surface area contributed by atoms with Crippen molar-refractivity contribution in [3.8, 4) is 11.1 Å². The number of furan rings is 1. The molecule has 2 aliphatic rings. The minimum atomic E-state index is -0.0331. The van der Waals surface area contributed by atoms with Crippen LogP contribution in [0.2, 0.25) is 0 Å². The Bertz CT molecular complexity index is 2820. The Balaban J connectivity index is 1.03. The molecule has 0 unspecified atom stereocenters. The zero-order valence-corrected chi connectivity index (χ0v) is 31.1. The first-order valence-corrected chi connectivity index (χ1v) is 19.8. The Morgan fingerprint density at radius 3 is 1.43 bits per heavy atom. The quantitative estimate of drug-likeness (QED) is 0.163. The second kappa shape index (κ2) is 13.2. The number of para-hydroxylation sites is 3. The van der Waals surface area contributed by atoms with Crippen molar-refractivity contribution in [3.05, 3.63) is 216 Å². The van der Waals surface area contributed by atoms with Crippen LogP contribution in [0, 0.1) is 0 Å². The molecule has 268 valence electrons. The van der Waals surface area contributed by atoms with Gasteiger partial charge in [-0.2, -0.15) is 0 Å². The molecule has 0 N–H and O–H groups in total. The molecule has 1 heterocycles. The molecule has 0 fully saturated rings. The number of hydrogen-bond acceptors (Lipinski definition) is 3. The average molecular weight is 721 g/mol. The summed E-state index contributed by atoms with van der Waals surface area (Å²) >= 11 is 0. The van der Waals surface area contributed by atoms with Crippen LogP contribution in [0.25, 0.3) is 33.1 Å². The highest BCUT2D eigenvalue weighted by Gasteiger charge is 2.45. The van der Waals surface area contributed by atoms with Crippen molar-refractivity contribution >= 4 is 56.1 Å². The van der Waals surface area contributed by atoms with Gasteiger partial charge in [-0.25, -0.2) is 0 Å². The molecule has 0 saturated carbocycles. The van der Waals surface area contributed by atoms with Gasteiger partial charge in [0, 0.05) is 56.4 Å². The lowest BCUT2D eigenvalue weighted by molar-refractivity contribution is 0.507. The molecule has 8 aromatic carbocycles. The molecule has 3 heteroatoms. The van der Waals surface area contributed by atoms with E-state index < -0.39 is 0 Å². The van der Waals surface area contributed by atoms with Gasteiger partial charge in [-0.3, -0.25) is 0 Å². The summed E-state index contributed by atoms with van der Waals surface area (Å²) in [6, 6.07) is 70.4. The number of hydrogen-bond donors (Lipinski definition) is 0. The van der Waals surface area contributed by atoms with Crippen LogP contribution in [-0.4, -0.2) is 0 Å². The predicted octanol–water partition coefficient (Wildman–Crippen LogP) is 14.4. The van der Waals surface area contributed by atoms with Gasteiger partial charge in [0.2, 0.25) is 0 Å². The molecule has 2 aliphatic carbocycles. The summed E-state index contributed by atoms with van der Waals surface area (Å²) in [6.45, 7) is 0. The van der Waals surface area contributed by atoms with E-state index in [1.54, 1.807) is 0 Å². The number of rotatable bonds is 7.